The van der Waals surface area contributed by atoms with Gasteiger partial charge in [-0.25, -0.2) is 0 Å². The van der Waals surface area contributed by atoms with Crippen LogP contribution in [0.15, 0.2) is 0 Å². The quantitative estimate of drug-likeness (QED) is 0.126. The zero-order chi connectivity index (χ0) is 27.5. The van der Waals surface area contributed by atoms with Crippen LogP contribution in [-0.2, 0) is 14.3 Å². The average molecular weight is 520 g/mol. The van der Waals surface area contributed by atoms with E-state index < -0.39 is 31.3 Å². The molecule has 0 spiro atoms. The van der Waals surface area contributed by atoms with Gasteiger partial charge in [0.1, 0.15) is 0 Å². The van der Waals surface area contributed by atoms with Gasteiger partial charge < -0.3 is 30.9 Å². The molecular formula is C28H57NO7. The number of carbonyl (C=O) groups is 2. The van der Waals surface area contributed by atoms with Crippen molar-refractivity contribution < 1.29 is 34.8 Å². The monoisotopic (exact) mass is 519 g/mol. The molecule has 1 saturated heterocycles. The Morgan fingerprint density at radius 3 is 1.64 bits per heavy atom. The van der Waals surface area contributed by atoms with E-state index in [1.165, 1.54) is 70.6 Å². The minimum Gasteiger partial charge on any atom is -0.481 e. The summed E-state index contributed by atoms with van der Waals surface area (Å²) in [5.74, 6) is 0.186. The summed E-state index contributed by atoms with van der Waals surface area (Å²) in [4.78, 5) is 20.8. The number of nitrogens with two attached hydrogens (primary N) is 1. The Balaban J connectivity index is 0. The van der Waals surface area contributed by atoms with E-state index in [0.717, 1.165) is 38.0 Å². The summed E-state index contributed by atoms with van der Waals surface area (Å²) in [6, 6.07) is 0. The van der Waals surface area contributed by atoms with Gasteiger partial charge in [-0.05, 0) is 31.6 Å². The van der Waals surface area contributed by atoms with E-state index >= 15 is 0 Å². The zero-order valence-corrected chi connectivity index (χ0v) is 23.2. The molecule has 1 rings (SSSR count). The summed E-state index contributed by atoms with van der Waals surface area (Å²) in [5.41, 5.74) is 3.94. The van der Waals surface area contributed by atoms with E-state index in [2.05, 4.69) is 13.8 Å². The van der Waals surface area contributed by atoms with Crippen molar-refractivity contribution in [3.05, 3.63) is 0 Å². The van der Waals surface area contributed by atoms with Crippen molar-refractivity contribution in [1.82, 2.24) is 0 Å². The molecule has 0 aliphatic carbocycles. The minimum atomic E-state index is -1.21. The number of aliphatic hydroxyl groups is 3. The first-order chi connectivity index (χ1) is 17.2. The largest absolute Gasteiger partial charge is 0.481 e. The second kappa shape index (κ2) is 26.8. The molecule has 1 aliphatic rings. The van der Waals surface area contributed by atoms with Crippen LogP contribution < -0.4 is 5.73 Å². The lowest BCUT2D eigenvalue weighted by molar-refractivity contribution is -0.142. The highest BCUT2D eigenvalue weighted by Gasteiger charge is 2.20. The van der Waals surface area contributed by atoms with Crippen molar-refractivity contribution in [2.75, 3.05) is 26.4 Å². The summed E-state index contributed by atoms with van der Waals surface area (Å²) in [7, 11) is 0. The van der Waals surface area contributed by atoms with E-state index in [4.69, 9.17) is 30.9 Å². The van der Waals surface area contributed by atoms with Crippen LogP contribution in [-0.4, -0.2) is 64.3 Å². The van der Waals surface area contributed by atoms with Crippen LogP contribution in [0.2, 0.25) is 0 Å². The molecule has 0 amide bonds. The second-order valence-electron chi connectivity index (χ2n) is 10.4. The molecule has 6 N–H and O–H groups in total. The summed E-state index contributed by atoms with van der Waals surface area (Å²) < 4.78 is 4.76. The van der Waals surface area contributed by atoms with E-state index in [9.17, 15) is 9.59 Å². The Labute approximate surface area is 220 Å². The van der Waals surface area contributed by atoms with E-state index in [1.54, 1.807) is 0 Å². The van der Waals surface area contributed by atoms with Gasteiger partial charge in [0, 0.05) is 12.8 Å². The van der Waals surface area contributed by atoms with Gasteiger partial charge in [-0.15, -0.1) is 0 Å². The number of cyclic esters (lactones) is 1. The summed E-state index contributed by atoms with van der Waals surface area (Å²) in [6.45, 7) is 4.04. The molecule has 8 nitrogen and oxygen atoms in total. The molecule has 0 radical (unpaired) electrons. The fourth-order valence-corrected chi connectivity index (χ4v) is 3.55. The normalized spacial score (nSPS) is 13.7. The van der Waals surface area contributed by atoms with Gasteiger partial charge in [-0.2, -0.15) is 0 Å². The number of unbranched alkanes of at least 4 members (excludes halogenated alkanes) is 11. The van der Waals surface area contributed by atoms with Crippen LogP contribution in [0.3, 0.4) is 0 Å². The summed E-state index contributed by atoms with van der Waals surface area (Å²) >= 11 is 0. The Morgan fingerprint density at radius 1 is 0.806 bits per heavy atom. The molecule has 8 heteroatoms. The SMILES string of the molecule is CC(C)CCCCCCCCCCCCCCC(=O)O.NC(CO)(CO)CO.O=C1CCCCCO1. The molecule has 36 heavy (non-hydrogen) atoms. The number of rotatable bonds is 18. The summed E-state index contributed by atoms with van der Waals surface area (Å²) in [6.07, 6.45) is 21.2. The van der Waals surface area contributed by atoms with Gasteiger partial charge in [0.15, 0.2) is 0 Å². The number of aliphatic hydroxyl groups excluding tert-OH is 3. The Morgan fingerprint density at radius 2 is 1.25 bits per heavy atom. The highest BCUT2D eigenvalue weighted by molar-refractivity contribution is 5.69. The van der Waals surface area contributed by atoms with Crippen molar-refractivity contribution >= 4 is 11.9 Å². The molecule has 0 aromatic rings. The van der Waals surface area contributed by atoms with Crippen LogP contribution in [0.25, 0.3) is 0 Å². The second-order valence-corrected chi connectivity index (χ2v) is 10.4. The third kappa shape index (κ3) is 29.0. The number of hydrogen-bond donors (Lipinski definition) is 5. The standard InChI is InChI=1S/C18H36O2.C6H10O2.C4H11NO3/c1-17(2)15-13-11-9-7-5-3-4-6-8-10-12-14-16-18(19)20;7-6-4-2-1-3-5-8-6;5-4(1-6,2-7)3-8/h17H,3-16H2,1-2H3,(H,19,20);1-5H2;6-8H,1-3,5H2. The molecule has 0 aromatic carbocycles. The first kappa shape index (κ1) is 36.9. The van der Waals surface area contributed by atoms with Crippen molar-refractivity contribution in [2.24, 2.45) is 11.7 Å². The van der Waals surface area contributed by atoms with Gasteiger partial charge in [-0.3, -0.25) is 9.59 Å². The Kier molecular flexibility index (Phi) is 27.5. The lowest BCUT2D eigenvalue weighted by atomic mass is 10.0. The zero-order valence-electron chi connectivity index (χ0n) is 23.2. The lowest BCUT2D eigenvalue weighted by Gasteiger charge is -2.20. The van der Waals surface area contributed by atoms with Crippen LogP contribution in [0, 0.1) is 5.92 Å². The number of carbonyl (C=O) groups excluding carboxylic acids is 1. The van der Waals surface area contributed by atoms with Crippen molar-refractivity contribution in [1.29, 1.82) is 0 Å². The maximum Gasteiger partial charge on any atom is 0.305 e. The first-order valence-electron chi connectivity index (χ1n) is 14.2. The third-order valence-corrected chi connectivity index (χ3v) is 6.16. The van der Waals surface area contributed by atoms with Gasteiger partial charge in [0.25, 0.3) is 0 Å². The van der Waals surface area contributed by atoms with Gasteiger partial charge >= 0.3 is 11.9 Å². The number of ether oxygens (including phenoxy) is 1. The van der Waals surface area contributed by atoms with Crippen molar-refractivity contribution in [3.63, 3.8) is 0 Å². The van der Waals surface area contributed by atoms with Crippen molar-refractivity contribution in [2.45, 2.75) is 135 Å². The number of aliphatic carboxylic acids is 1. The van der Waals surface area contributed by atoms with Gasteiger partial charge in [-0.1, -0.05) is 90.9 Å². The number of carboxylic acid groups (broad SMARTS) is 1. The van der Waals surface area contributed by atoms with Crippen LogP contribution >= 0.6 is 0 Å². The number of hydrogen-bond acceptors (Lipinski definition) is 7. The van der Waals surface area contributed by atoms with Crippen LogP contribution in [0.1, 0.15) is 129 Å². The maximum atomic E-state index is 10.5. The smallest absolute Gasteiger partial charge is 0.305 e. The maximum absolute atomic E-state index is 10.5. The molecule has 0 unspecified atom stereocenters. The van der Waals surface area contributed by atoms with E-state index in [0.29, 0.717) is 19.4 Å². The third-order valence-electron chi connectivity index (χ3n) is 6.16. The molecule has 0 atom stereocenters. The van der Waals surface area contributed by atoms with Crippen molar-refractivity contribution in [3.8, 4) is 0 Å². The van der Waals surface area contributed by atoms with E-state index in [1.807, 2.05) is 0 Å². The molecule has 1 fully saturated rings. The van der Waals surface area contributed by atoms with Gasteiger partial charge in [0.05, 0.1) is 32.0 Å². The van der Waals surface area contributed by atoms with Crippen LogP contribution in [0.4, 0.5) is 0 Å². The molecule has 0 aromatic heterocycles. The molecule has 216 valence electrons. The minimum absolute atomic E-state index is 0.0255. The molecule has 0 bridgehead atoms. The molecule has 0 saturated carbocycles. The topological polar surface area (TPSA) is 150 Å². The van der Waals surface area contributed by atoms with Crippen LogP contribution in [0.5, 0.6) is 0 Å². The highest BCUT2D eigenvalue weighted by atomic mass is 16.5. The predicted molar refractivity (Wildman–Crippen MR) is 145 cm³/mol. The molecule has 1 aliphatic heterocycles. The van der Waals surface area contributed by atoms with Gasteiger partial charge in [0.2, 0.25) is 0 Å². The highest BCUT2D eigenvalue weighted by Crippen LogP contribution is 2.14. The Bertz CT molecular complexity index is 478. The number of carboxylic acids is 1. The fraction of sp³-hybridized carbons (Fsp3) is 0.929. The summed E-state index contributed by atoms with van der Waals surface area (Å²) in [5, 5.41) is 33.5. The number of esters is 1. The average Bonchev–Trinajstić information content (AvgIpc) is 3.11. The Hall–Kier alpha value is -1.22. The van der Waals surface area contributed by atoms with E-state index in [-0.39, 0.29) is 5.97 Å². The fourth-order valence-electron chi connectivity index (χ4n) is 3.55. The molecule has 1 heterocycles. The molecular weight excluding hydrogens is 462 g/mol. The predicted octanol–water partition coefficient (Wildman–Crippen LogP) is 4.95. The first-order valence-corrected chi connectivity index (χ1v) is 14.2. The lowest BCUT2D eigenvalue weighted by Crippen LogP contribution is -2.50.